The zero-order valence-electron chi connectivity index (χ0n) is 18.3. The molecule has 0 spiro atoms. The largest absolute Gasteiger partial charge is 0.497 e. The van der Waals surface area contributed by atoms with Crippen LogP contribution in [-0.2, 0) is 16.1 Å². The number of aryl methyl sites for hydroxylation is 1. The molecule has 0 aromatic heterocycles. The maximum atomic E-state index is 13.1. The zero-order valence-corrected chi connectivity index (χ0v) is 18.3. The average molecular weight is 413 g/mol. The van der Waals surface area contributed by atoms with Gasteiger partial charge >= 0.3 is 0 Å². The zero-order chi connectivity index (χ0) is 21.9. The smallest absolute Gasteiger partial charge is 0.261 e. The van der Waals surface area contributed by atoms with Gasteiger partial charge in [0.2, 0.25) is 5.91 Å². The van der Waals surface area contributed by atoms with Crippen LogP contribution in [-0.4, -0.2) is 43.0 Å². The lowest BCUT2D eigenvalue weighted by Crippen LogP contribution is -2.49. The third-order valence-electron chi connectivity index (χ3n) is 4.93. The number of amides is 2. The summed E-state index contributed by atoms with van der Waals surface area (Å²) in [6.45, 7) is 6.49. The highest BCUT2D eigenvalue weighted by atomic mass is 16.5. The molecule has 2 aromatic rings. The monoisotopic (exact) mass is 412 g/mol. The number of nitrogens with zero attached hydrogens (tertiary/aromatic N) is 1. The van der Waals surface area contributed by atoms with E-state index in [-0.39, 0.29) is 25.0 Å². The highest BCUT2D eigenvalue weighted by Gasteiger charge is 2.26. The van der Waals surface area contributed by atoms with E-state index in [9.17, 15) is 9.59 Å². The molecule has 2 rings (SSSR count). The molecule has 30 heavy (non-hydrogen) atoms. The minimum absolute atomic E-state index is 0.137. The van der Waals surface area contributed by atoms with E-state index in [1.165, 1.54) is 0 Å². The maximum absolute atomic E-state index is 13.1. The van der Waals surface area contributed by atoms with Crippen LogP contribution in [0.5, 0.6) is 11.5 Å². The summed E-state index contributed by atoms with van der Waals surface area (Å²) in [6, 6.07) is 14.4. The summed E-state index contributed by atoms with van der Waals surface area (Å²) in [5.74, 6) is 0.943. The fourth-order valence-corrected chi connectivity index (χ4v) is 3.03. The molecule has 0 aliphatic heterocycles. The molecular weight excluding hydrogens is 380 g/mol. The number of carbonyl (C=O) groups excluding carboxylic acids is 2. The van der Waals surface area contributed by atoms with Gasteiger partial charge in [-0.3, -0.25) is 9.59 Å². The molecule has 6 heteroatoms. The van der Waals surface area contributed by atoms with E-state index in [4.69, 9.17) is 9.47 Å². The van der Waals surface area contributed by atoms with Gasteiger partial charge in [0.15, 0.2) is 6.61 Å². The van der Waals surface area contributed by atoms with Crippen LogP contribution < -0.4 is 14.8 Å². The molecule has 0 heterocycles. The predicted octanol–water partition coefficient (Wildman–Crippen LogP) is 3.72. The first-order valence-corrected chi connectivity index (χ1v) is 10.3. The minimum atomic E-state index is -0.624. The highest BCUT2D eigenvalue weighted by molar-refractivity contribution is 5.88. The quantitative estimate of drug-likeness (QED) is 0.571. The first-order valence-electron chi connectivity index (χ1n) is 10.3. The number of hydrogen-bond donors (Lipinski definition) is 1. The summed E-state index contributed by atoms with van der Waals surface area (Å²) in [5, 5.41) is 2.91. The van der Waals surface area contributed by atoms with Gasteiger partial charge in [0.25, 0.3) is 5.91 Å². The second kappa shape index (κ2) is 11.9. The van der Waals surface area contributed by atoms with E-state index < -0.39 is 6.04 Å². The number of hydrogen-bond acceptors (Lipinski definition) is 4. The maximum Gasteiger partial charge on any atom is 0.261 e. The molecule has 0 aliphatic carbocycles. The van der Waals surface area contributed by atoms with Crippen molar-refractivity contribution >= 4 is 11.8 Å². The number of para-hydroxylation sites is 1. The van der Waals surface area contributed by atoms with Crippen molar-refractivity contribution in [1.29, 1.82) is 0 Å². The number of rotatable bonds is 11. The van der Waals surface area contributed by atoms with Gasteiger partial charge in [-0.25, -0.2) is 0 Å². The number of carbonyl (C=O) groups is 2. The molecule has 1 N–H and O–H groups in total. The fourth-order valence-electron chi connectivity index (χ4n) is 3.03. The number of benzene rings is 2. The number of nitrogens with one attached hydrogen (secondary N) is 1. The molecule has 1 atom stereocenters. The standard InChI is InChI=1S/C24H32N2O4/c1-5-6-14-25-24(28)19(3)26(16-20-11-9-12-21(15-20)29-4)23(27)17-30-22-13-8-7-10-18(22)2/h7-13,15,19H,5-6,14,16-17H2,1-4H3,(H,25,28)/t19-/m1/s1. The van der Waals surface area contributed by atoms with E-state index >= 15 is 0 Å². The predicted molar refractivity (Wildman–Crippen MR) is 118 cm³/mol. The molecular formula is C24H32N2O4. The number of methoxy groups -OCH3 is 1. The Balaban J connectivity index is 2.15. The van der Waals surface area contributed by atoms with Gasteiger partial charge in [0, 0.05) is 13.1 Å². The first-order chi connectivity index (χ1) is 14.5. The second-order valence-electron chi connectivity index (χ2n) is 7.25. The van der Waals surface area contributed by atoms with E-state index in [2.05, 4.69) is 12.2 Å². The van der Waals surface area contributed by atoms with Gasteiger partial charge in [0.1, 0.15) is 17.5 Å². The summed E-state index contributed by atoms with van der Waals surface area (Å²) in [7, 11) is 1.60. The normalized spacial score (nSPS) is 11.5. The van der Waals surface area contributed by atoms with E-state index in [0.717, 1.165) is 24.0 Å². The Morgan fingerprint density at radius 3 is 2.60 bits per heavy atom. The average Bonchev–Trinajstić information content (AvgIpc) is 2.76. The molecule has 6 nitrogen and oxygen atoms in total. The van der Waals surface area contributed by atoms with Crippen molar-refractivity contribution in [2.45, 2.75) is 46.2 Å². The summed E-state index contributed by atoms with van der Waals surface area (Å²) >= 11 is 0. The van der Waals surface area contributed by atoms with Crippen molar-refractivity contribution in [2.75, 3.05) is 20.3 Å². The van der Waals surface area contributed by atoms with Crippen LogP contribution in [0.15, 0.2) is 48.5 Å². The molecule has 0 aliphatic rings. The van der Waals surface area contributed by atoms with Crippen LogP contribution in [0.4, 0.5) is 0 Å². The molecule has 0 radical (unpaired) electrons. The number of ether oxygens (including phenoxy) is 2. The third-order valence-corrected chi connectivity index (χ3v) is 4.93. The van der Waals surface area contributed by atoms with Gasteiger partial charge < -0.3 is 19.7 Å². The van der Waals surface area contributed by atoms with Gasteiger partial charge in [-0.2, -0.15) is 0 Å². The second-order valence-corrected chi connectivity index (χ2v) is 7.25. The molecule has 0 unspecified atom stereocenters. The Hall–Kier alpha value is -3.02. The van der Waals surface area contributed by atoms with Gasteiger partial charge in [0.05, 0.1) is 7.11 Å². The molecule has 0 saturated carbocycles. The van der Waals surface area contributed by atoms with Crippen molar-refractivity contribution in [2.24, 2.45) is 0 Å². The topological polar surface area (TPSA) is 67.9 Å². The Labute approximate surface area is 179 Å². The van der Waals surface area contributed by atoms with Gasteiger partial charge in [-0.15, -0.1) is 0 Å². The molecule has 162 valence electrons. The lowest BCUT2D eigenvalue weighted by atomic mass is 10.1. The van der Waals surface area contributed by atoms with E-state index in [0.29, 0.717) is 18.0 Å². The summed E-state index contributed by atoms with van der Waals surface area (Å²) in [5.41, 5.74) is 1.84. The Morgan fingerprint density at radius 1 is 1.13 bits per heavy atom. The summed E-state index contributed by atoms with van der Waals surface area (Å²) < 4.78 is 11.0. The minimum Gasteiger partial charge on any atom is -0.497 e. The van der Waals surface area contributed by atoms with Crippen LogP contribution in [0, 0.1) is 6.92 Å². The Kier molecular flexibility index (Phi) is 9.19. The molecule has 2 amide bonds. The van der Waals surface area contributed by atoms with Crippen molar-refractivity contribution < 1.29 is 19.1 Å². The van der Waals surface area contributed by atoms with E-state index in [1.807, 2.05) is 55.5 Å². The Bertz CT molecular complexity index is 837. The van der Waals surface area contributed by atoms with Crippen LogP contribution in [0.2, 0.25) is 0 Å². The van der Waals surface area contributed by atoms with Crippen molar-refractivity contribution in [3.8, 4) is 11.5 Å². The van der Waals surface area contributed by atoms with Gasteiger partial charge in [-0.05, 0) is 49.6 Å². The molecule has 0 saturated heterocycles. The Morgan fingerprint density at radius 2 is 1.90 bits per heavy atom. The van der Waals surface area contributed by atoms with Crippen LogP contribution in [0.1, 0.15) is 37.8 Å². The molecule has 0 fully saturated rings. The van der Waals surface area contributed by atoms with Crippen LogP contribution >= 0.6 is 0 Å². The molecule has 0 bridgehead atoms. The highest BCUT2D eigenvalue weighted by Crippen LogP contribution is 2.18. The molecule has 2 aromatic carbocycles. The van der Waals surface area contributed by atoms with Crippen molar-refractivity contribution in [3.63, 3.8) is 0 Å². The summed E-state index contributed by atoms with van der Waals surface area (Å²) in [6.07, 6.45) is 1.89. The fraction of sp³-hybridized carbons (Fsp3) is 0.417. The lowest BCUT2D eigenvalue weighted by molar-refractivity contribution is -0.142. The first kappa shape index (κ1) is 23.3. The summed E-state index contributed by atoms with van der Waals surface area (Å²) in [4.78, 5) is 27.2. The SMILES string of the molecule is CCCCNC(=O)[C@@H](C)N(Cc1cccc(OC)c1)C(=O)COc1ccccc1C. The van der Waals surface area contributed by atoms with Crippen molar-refractivity contribution in [3.05, 3.63) is 59.7 Å². The third kappa shape index (κ3) is 6.79. The number of unbranched alkanes of at least 4 members (excludes halogenated alkanes) is 1. The van der Waals surface area contributed by atoms with Crippen LogP contribution in [0.3, 0.4) is 0 Å². The van der Waals surface area contributed by atoms with Crippen molar-refractivity contribution in [1.82, 2.24) is 10.2 Å². The van der Waals surface area contributed by atoms with Crippen LogP contribution in [0.25, 0.3) is 0 Å². The van der Waals surface area contributed by atoms with E-state index in [1.54, 1.807) is 18.9 Å². The lowest BCUT2D eigenvalue weighted by Gasteiger charge is -2.29. The van der Waals surface area contributed by atoms with Gasteiger partial charge in [-0.1, -0.05) is 43.7 Å².